The summed E-state index contributed by atoms with van der Waals surface area (Å²) >= 11 is 0. The summed E-state index contributed by atoms with van der Waals surface area (Å²) < 4.78 is 0. The molecule has 0 aromatic heterocycles. The van der Waals surface area contributed by atoms with Crippen LogP contribution >= 0.6 is 0 Å². The van der Waals surface area contributed by atoms with Gasteiger partial charge in [0.1, 0.15) is 0 Å². The van der Waals surface area contributed by atoms with Gasteiger partial charge < -0.3 is 0 Å². The Hall–Kier alpha value is -2.90. The van der Waals surface area contributed by atoms with Crippen LogP contribution in [0, 0.1) is 0 Å². The maximum Gasteiger partial charge on any atom is 0.00265 e. The van der Waals surface area contributed by atoms with Crippen molar-refractivity contribution in [2.24, 2.45) is 0 Å². The van der Waals surface area contributed by atoms with Crippen LogP contribution in [0.2, 0.25) is 6.55 Å². The van der Waals surface area contributed by atoms with Gasteiger partial charge in [-0.1, -0.05) is 110 Å². The Balaban J connectivity index is 0.000000139. The molecule has 0 radical (unpaired) electrons. The fraction of sp³-hybridized carbons (Fsp3) is 0.200. The zero-order valence-corrected chi connectivity index (χ0v) is 21.4. The third-order valence-electron chi connectivity index (χ3n) is 6.45. The lowest BCUT2D eigenvalue weighted by Gasteiger charge is -2.08. The second-order valence-electron chi connectivity index (χ2n) is 8.43. The van der Waals surface area contributed by atoms with E-state index in [1.807, 2.05) is 0 Å². The minimum absolute atomic E-state index is 0.588. The third kappa shape index (κ3) is 4.03. The largest absolute Gasteiger partial charge is 0.0777 e. The zero-order chi connectivity index (χ0) is 22.0. The number of rotatable bonds is 0. The van der Waals surface area contributed by atoms with E-state index >= 15 is 0 Å². The minimum Gasteiger partial charge on any atom is -0.0777 e. The molecule has 2 aliphatic rings. The molecule has 1 atom stereocenters. The molecule has 0 aliphatic heterocycles. The smallest absolute Gasteiger partial charge is 0.00265 e. The number of allylic oxidation sites excluding steroid dienone is 2. The first-order chi connectivity index (χ1) is 15.1. The van der Waals surface area contributed by atoms with Crippen LogP contribution in [0.25, 0.3) is 33.7 Å². The van der Waals surface area contributed by atoms with Gasteiger partial charge in [0, 0.05) is 5.92 Å². The maximum absolute atomic E-state index is 2.34. The Labute approximate surface area is 189 Å². The molecule has 0 nitrogen and oxygen atoms in total. The summed E-state index contributed by atoms with van der Waals surface area (Å²) in [6.07, 6.45) is 5.78. The van der Waals surface area contributed by atoms with Crippen LogP contribution < -0.4 is 0 Å². The maximum atomic E-state index is 2.34. The highest BCUT2D eigenvalue weighted by atomic mass is 28.1. The van der Waals surface area contributed by atoms with Crippen LogP contribution in [0.15, 0.2) is 83.9 Å². The highest BCUT2D eigenvalue weighted by molar-refractivity contribution is 6.05. The Kier molecular flexibility index (Phi) is 6.24. The highest BCUT2D eigenvalue weighted by Gasteiger charge is 2.19. The van der Waals surface area contributed by atoms with E-state index in [0.29, 0.717) is 5.92 Å². The van der Waals surface area contributed by atoms with Gasteiger partial charge >= 0.3 is 0 Å². The van der Waals surface area contributed by atoms with Crippen LogP contribution in [-0.4, -0.2) is 10.2 Å². The van der Waals surface area contributed by atoms with Gasteiger partial charge in [-0.3, -0.25) is 0 Å². The lowest BCUT2D eigenvalue weighted by Crippen LogP contribution is -1.90. The second kappa shape index (κ2) is 9.07. The molecular weight excluding hydrogens is 388 g/mol. The van der Waals surface area contributed by atoms with E-state index in [1.165, 1.54) is 65.2 Å². The molecule has 4 aromatic carbocycles. The number of hydrogen-bond donors (Lipinski definition) is 0. The third-order valence-corrected chi connectivity index (χ3v) is 6.45. The first kappa shape index (κ1) is 21.3. The molecule has 31 heavy (non-hydrogen) atoms. The summed E-state index contributed by atoms with van der Waals surface area (Å²) in [6.45, 7) is 8.85. The van der Waals surface area contributed by atoms with E-state index in [-0.39, 0.29) is 0 Å². The van der Waals surface area contributed by atoms with Gasteiger partial charge in [-0.05, 0) is 74.3 Å². The lowest BCUT2D eigenvalue weighted by atomic mass is 9.95. The average molecular weight is 421 g/mol. The van der Waals surface area contributed by atoms with Crippen molar-refractivity contribution in [3.8, 4) is 0 Å². The van der Waals surface area contributed by atoms with Crippen molar-refractivity contribution >= 4 is 43.9 Å². The second-order valence-corrected chi connectivity index (χ2v) is 8.43. The van der Waals surface area contributed by atoms with E-state index in [2.05, 4.69) is 112 Å². The van der Waals surface area contributed by atoms with Gasteiger partial charge in [-0.25, -0.2) is 0 Å². The molecule has 6 rings (SSSR count). The number of benzene rings is 4. The molecule has 2 aliphatic carbocycles. The molecule has 1 unspecified atom stereocenters. The Morgan fingerprint density at radius 3 is 1.94 bits per heavy atom. The van der Waals surface area contributed by atoms with Crippen molar-refractivity contribution in [2.45, 2.75) is 39.7 Å². The van der Waals surface area contributed by atoms with Crippen LogP contribution in [0.5, 0.6) is 0 Å². The van der Waals surface area contributed by atoms with Gasteiger partial charge in [-0.15, -0.1) is 0 Å². The van der Waals surface area contributed by atoms with Crippen molar-refractivity contribution < 1.29 is 0 Å². The number of fused-ring (bicyclic) bond motifs is 6. The van der Waals surface area contributed by atoms with Gasteiger partial charge in [0.15, 0.2) is 0 Å². The molecule has 0 saturated heterocycles. The lowest BCUT2D eigenvalue weighted by molar-refractivity contribution is 0.923. The highest BCUT2D eigenvalue weighted by Crippen LogP contribution is 2.39. The molecule has 0 saturated carbocycles. The van der Waals surface area contributed by atoms with E-state index < -0.39 is 0 Å². The van der Waals surface area contributed by atoms with Crippen LogP contribution in [0.4, 0.5) is 0 Å². The zero-order valence-electron chi connectivity index (χ0n) is 19.4. The first-order valence-electron chi connectivity index (χ1n) is 11.5. The standard InChI is InChI=1S/C15H14.C14H12.CH6Si/c1-10-9-15-13(11(10)2)8-7-12-5-3-4-6-14(12)15;1-10-8-12-7-6-11-4-2-3-5-13(11)14(12)9-10;1-2/h3-9,11H,1-2H3;2-7,9H,8H2,1H3;1-2H3. The Bertz CT molecular complexity index is 1310. The number of hydrogen-bond acceptors (Lipinski definition) is 0. The van der Waals surface area contributed by atoms with Crippen molar-refractivity contribution in [2.75, 3.05) is 0 Å². The summed E-state index contributed by atoms with van der Waals surface area (Å²) in [5, 5.41) is 5.46. The van der Waals surface area contributed by atoms with Crippen molar-refractivity contribution in [3.63, 3.8) is 0 Å². The Morgan fingerprint density at radius 1 is 0.677 bits per heavy atom. The summed E-state index contributed by atoms with van der Waals surface area (Å²) in [6, 6.07) is 26.2. The molecule has 1 heteroatoms. The summed E-state index contributed by atoms with van der Waals surface area (Å²) in [4.78, 5) is 0. The van der Waals surface area contributed by atoms with Crippen molar-refractivity contribution in [3.05, 3.63) is 106 Å². The van der Waals surface area contributed by atoms with Crippen LogP contribution in [-0.2, 0) is 6.42 Å². The topological polar surface area (TPSA) is 0 Å². The van der Waals surface area contributed by atoms with Crippen molar-refractivity contribution in [1.82, 2.24) is 0 Å². The average Bonchev–Trinajstić information content (AvgIpc) is 3.34. The molecule has 4 aromatic rings. The molecule has 0 fully saturated rings. The van der Waals surface area contributed by atoms with Crippen LogP contribution in [0.3, 0.4) is 0 Å². The normalized spacial score (nSPS) is 15.9. The molecule has 0 bridgehead atoms. The van der Waals surface area contributed by atoms with Gasteiger partial charge in [-0.2, -0.15) is 0 Å². The molecule has 0 amide bonds. The summed E-state index contributed by atoms with van der Waals surface area (Å²) in [5.74, 6) is 0.588. The van der Waals surface area contributed by atoms with Gasteiger partial charge in [0.05, 0.1) is 0 Å². The molecule has 0 spiro atoms. The predicted octanol–water partition coefficient (Wildman–Crippen LogP) is 7.56. The SMILES string of the molecule is CC1=Cc2c(ccc3ccccc23)C1.CC1=Cc2c(ccc3ccccc23)C1C.C[SiH3]. The molecule has 0 N–H and O–H groups in total. The first-order valence-corrected chi connectivity index (χ1v) is 13.5. The summed E-state index contributed by atoms with van der Waals surface area (Å²) in [5.41, 5.74) is 8.75. The van der Waals surface area contributed by atoms with E-state index in [1.54, 1.807) is 0 Å². The molecule has 156 valence electrons. The van der Waals surface area contributed by atoms with E-state index in [4.69, 9.17) is 0 Å². The quantitative estimate of drug-likeness (QED) is 0.257. The monoisotopic (exact) mass is 420 g/mol. The Morgan fingerprint density at radius 2 is 1.26 bits per heavy atom. The fourth-order valence-electron chi connectivity index (χ4n) is 4.71. The minimum atomic E-state index is 0.588. The summed E-state index contributed by atoms with van der Waals surface area (Å²) in [7, 11) is 1.31. The van der Waals surface area contributed by atoms with E-state index in [0.717, 1.165) is 6.42 Å². The predicted molar refractivity (Wildman–Crippen MR) is 143 cm³/mol. The van der Waals surface area contributed by atoms with Gasteiger partial charge in [0.2, 0.25) is 0 Å². The van der Waals surface area contributed by atoms with Crippen LogP contribution in [0.1, 0.15) is 48.9 Å². The van der Waals surface area contributed by atoms with Crippen molar-refractivity contribution in [1.29, 1.82) is 0 Å². The fourth-order valence-corrected chi connectivity index (χ4v) is 4.71. The van der Waals surface area contributed by atoms with E-state index in [9.17, 15) is 0 Å². The van der Waals surface area contributed by atoms with Gasteiger partial charge in [0.25, 0.3) is 0 Å². The molecular formula is C30H32Si. The molecule has 0 heterocycles.